The van der Waals surface area contributed by atoms with Crippen molar-refractivity contribution in [1.29, 1.82) is 0 Å². The molecule has 7 heteroatoms. The lowest BCUT2D eigenvalue weighted by atomic mass is 9.95. The Bertz CT molecular complexity index is 1520. The Hall–Kier alpha value is -4.23. The van der Waals surface area contributed by atoms with Crippen molar-refractivity contribution in [2.24, 2.45) is 0 Å². The van der Waals surface area contributed by atoms with Gasteiger partial charge in [-0.1, -0.05) is 72.5 Å². The second-order valence-electron chi connectivity index (χ2n) is 8.63. The molecule has 3 aromatic carbocycles. The molecule has 180 valence electrons. The minimum Gasteiger partial charge on any atom is -0.507 e. The van der Waals surface area contributed by atoms with Crippen LogP contribution in [0.2, 0.25) is 0 Å². The number of thiazole rings is 1. The van der Waals surface area contributed by atoms with Crippen molar-refractivity contribution >= 4 is 44.1 Å². The van der Waals surface area contributed by atoms with Crippen LogP contribution in [0.4, 0.5) is 5.13 Å². The Morgan fingerprint density at radius 1 is 1.11 bits per heavy atom. The Morgan fingerprint density at radius 2 is 1.83 bits per heavy atom. The third-order valence-corrected chi connectivity index (χ3v) is 7.08. The third kappa shape index (κ3) is 4.07. The number of fused-ring (bicyclic) bond motifs is 1. The van der Waals surface area contributed by atoms with E-state index in [1.54, 1.807) is 54.6 Å². The maximum absolute atomic E-state index is 13.4. The Kier molecular flexibility index (Phi) is 6.16. The molecule has 36 heavy (non-hydrogen) atoms. The van der Waals surface area contributed by atoms with E-state index in [1.807, 2.05) is 32.0 Å². The van der Waals surface area contributed by atoms with Crippen LogP contribution in [0.3, 0.4) is 0 Å². The molecule has 1 aromatic heterocycles. The summed E-state index contributed by atoms with van der Waals surface area (Å²) < 4.78 is 6.53. The summed E-state index contributed by atoms with van der Waals surface area (Å²) in [5.41, 5.74) is 4.02. The van der Waals surface area contributed by atoms with Crippen molar-refractivity contribution in [2.75, 3.05) is 11.5 Å². The van der Waals surface area contributed by atoms with Crippen LogP contribution in [0.1, 0.15) is 28.3 Å². The van der Waals surface area contributed by atoms with Crippen molar-refractivity contribution < 1.29 is 19.4 Å². The number of ketones is 1. The second-order valence-corrected chi connectivity index (χ2v) is 9.64. The predicted molar refractivity (Wildman–Crippen MR) is 142 cm³/mol. The molecule has 1 fully saturated rings. The maximum atomic E-state index is 13.4. The summed E-state index contributed by atoms with van der Waals surface area (Å²) in [7, 11) is 0. The molecule has 1 aliphatic heterocycles. The number of aromatic nitrogens is 1. The van der Waals surface area contributed by atoms with Crippen molar-refractivity contribution in [1.82, 2.24) is 4.98 Å². The number of carbonyl (C=O) groups excluding carboxylic acids is 2. The van der Waals surface area contributed by atoms with Crippen LogP contribution in [0.5, 0.6) is 5.75 Å². The number of hydrogen-bond acceptors (Lipinski definition) is 6. The van der Waals surface area contributed by atoms with Crippen LogP contribution in [0.25, 0.3) is 16.0 Å². The summed E-state index contributed by atoms with van der Waals surface area (Å²) in [5.74, 6) is -1.07. The van der Waals surface area contributed by atoms with Gasteiger partial charge >= 0.3 is 5.91 Å². The van der Waals surface area contributed by atoms with Gasteiger partial charge in [0.25, 0.3) is 5.78 Å². The number of nitrogens with zero attached hydrogens (tertiary/aromatic N) is 2. The number of hydrogen-bond donors (Lipinski definition) is 1. The van der Waals surface area contributed by atoms with Crippen LogP contribution in [-0.2, 0) is 9.59 Å². The number of benzene rings is 3. The molecule has 1 N–H and O–H groups in total. The van der Waals surface area contributed by atoms with Gasteiger partial charge in [0.05, 0.1) is 21.8 Å². The molecule has 0 spiro atoms. The number of anilines is 1. The number of ether oxygens (including phenoxy) is 1. The quantitative estimate of drug-likeness (QED) is 0.151. The van der Waals surface area contributed by atoms with Crippen molar-refractivity contribution in [2.45, 2.75) is 19.9 Å². The summed E-state index contributed by atoms with van der Waals surface area (Å²) >= 11 is 1.35. The highest BCUT2D eigenvalue weighted by molar-refractivity contribution is 7.22. The van der Waals surface area contributed by atoms with E-state index in [9.17, 15) is 14.7 Å². The number of aliphatic hydroxyl groups excluding tert-OH is 1. The topological polar surface area (TPSA) is 79.7 Å². The van der Waals surface area contributed by atoms with Crippen molar-refractivity contribution in [3.05, 3.63) is 107 Å². The van der Waals surface area contributed by atoms with E-state index in [1.165, 1.54) is 16.2 Å². The lowest BCUT2D eigenvalue weighted by Gasteiger charge is -2.23. The highest BCUT2D eigenvalue weighted by Crippen LogP contribution is 2.45. The van der Waals surface area contributed by atoms with E-state index in [2.05, 4.69) is 6.58 Å². The zero-order chi connectivity index (χ0) is 25.4. The van der Waals surface area contributed by atoms with Crippen LogP contribution >= 0.6 is 11.3 Å². The average molecular weight is 497 g/mol. The maximum Gasteiger partial charge on any atom is 0.301 e. The smallest absolute Gasteiger partial charge is 0.301 e. The van der Waals surface area contributed by atoms with Gasteiger partial charge in [0.2, 0.25) is 0 Å². The molecule has 1 atom stereocenters. The lowest BCUT2D eigenvalue weighted by Crippen LogP contribution is -2.29. The summed E-state index contributed by atoms with van der Waals surface area (Å²) in [6.07, 6.45) is 1.65. The fourth-order valence-corrected chi connectivity index (χ4v) is 5.63. The predicted octanol–water partition coefficient (Wildman–Crippen LogP) is 6.10. The first-order chi connectivity index (χ1) is 17.4. The van der Waals surface area contributed by atoms with Crippen LogP contribution in [0, 0.1) is 13.8 Å². The van der Waals surface area contributed by atoms with Gasteiger partial charge in [0.15, 0.2) is 5.13 Å². The Labute approximate surface area is 212 Å². The third-order valence-electron chi connectivity index (χ3n) is 6.08. The van der Waals surface area contributed by atoms with Gasteiger partial charge in [0.1, 0.15) is 18.1 Å². The van der Waals surface area contributed by atoms with E-state index >= 15 is 0 Å². The lowest BCUT2D eigenvalue weighted by molar-refractivity contribution is -0.132. The molecule has 1 saturated heterocycles. The number of carbonyl (C=O) groups is 2. The molecule has 6 nitrogen and oxygen atoms in total. The number of Topliss-reactive ketones (excluding diaryl/α,β-unsaturated/α-hetero) is 1. The molecular weight excluding hydrogens is 472 g/mol. The normalized spacial score (nSPS) is 17.1. The van der Waals surface area contributed by atoms with E-state index in [0.29, 0.717) is 28.6 Å². The van der Waals surface area contributed by atoms with Gasteiger partial charge in [-0.25, -0.2) is 4.98 Å². The minimum atomic E-state index is -0.847. The van der Waals surface area contributed by atoms with Gasteiger partial charge in [-0.05, 0) is 48.7 Å². The van der Waals surface area contributed by atoms with Gasteiger partial charge in [0, 0.05) is 5.56 Å². The highest BCUT2D eigenvalue weighted by Gasteiger charge is 2.48. The van der Waals surface area contributed by atoms with Gasteiger partial charge in [-0.2, -0.15) is 0 Å². The molecule has 0 unspecified atom stereocenters. The minimum absolute atomic E-state index is 0.0260. The van der Waals surface area contributed by atoms with Crippen LogP contribution in [-0.4, -0.2) is 28.4 Å². The van der Waals surface area contributed by atoms with Crippen LogP contribution < -0.4 is 9.64 Å². The molecule has 2 heterocycles. The largest absolute Gasteiger partial charge is 0.507 e. The number of amides is 1. The highest BCUT2D eigenvalue weighted by atomic mass is 32.1. The number of aryl methyl sites for hydroxylation is 2. The number of aliphatic hydroxyl groups is 1. The number of rotatable bonds is 6. The van der Waals surface area contributed by atoms with Crippen LogP contribution in [0.15, 0.2) is 85.0 Å². The second kappa shape index (κ2) is 9.43. The fraction of sp³-hybridized carbons (Fsp3) is 0.138. The SMILES string of the molecule is C=CCOc1ccc([C@@H]2C(=C(O)c3ccccc3)C(=O)C(=O)N2c2nc3c(C)cc(C)cc3s2)cc1. The molecule has 4 aromatic rings. The zero-order valence-corrected chi connectivity index (χ0v) is 20.7. The van der Waals surface area contributed by atoms with E-state index in [4.69, 9.17) is 9.72 Å². The summed E-state index contributed by atoms with van der Waals surface area (Å²) in [4.78, 5) is 32.9. The molecule has 0 aliphatic carbocycles. The summed E-state index contributed by atoms with van der Waals surface area (Å²) in [6, 6.07) is 19.1. The standard InChI is InChI=1S/C29H24N2O4S/c1-4-14-35-21-12-10-19(11-13-21)25-23(26(32)20-8-6-5-7-9-20)27(33)28(34)31(25)29-30-24-18(3)15-17(2)16-22(24)36-29/h4-13,15-16,25,32H,1,14H2,2-3H3/t25-/m1/s1. The molecule has 1 amide bonds. The molecule has 5 rings (SSSR count). The first kappa shape index (κ1) is 23.5. The zero-order valence-electron chi connectivity index (χ0n) is 19.9. The Morgan fingerprint density at radius 3 is 2.53 bits per heavy atom. The molecule has 0 saturated carbocycles. The van der Waals surface area contributed by atoms with Crippen molar-refractivity contribution in [3.63, 3.8) is 0 Å². The van der Waals surface area contributed by atoms with Gasteiger partial charge in [-0.15, -0.1) is 0 Å². The molecule has 1 aliphatic rings. The Balaban J connectivity index is 1.69. The molecule has 0 radical (unpaired) electrons. The van der Waals surface area contributed by atoms with Gasteiger partial charge < -0.3 is 9.84 Å². The summed E-state index contributed by atoms with van der Waals surface area (Å²) in [6.45, 7) is 8.00. The van der Waals surface area contributed by atoms with Gasteiger partial charge in [-0.3, -0.25) is 14.5 Å². The first-order valence-corrected chi connectivity index (χ1v) is 12.3. The average Bonchev–Trinajstić information content (AvgIpc) is 3.42. The van der Waals surface area contributed by atoms with E-state index in [-0.39, 0.29) is 11.3 Å². The molecule has 0 bridgehead atoms. The first-order valence-electron chi connectivity index (χ1n) is 11.5. The fourth-order valence-electron chi connectivity index (χ4n) is 4.46. The molecular formula is C29H24N2O4S. The monoisotopic (exact) mass is 496 g/mol. The summed E-state index contributed by atoms with van der Waals surface area (Å²) in [5, 5.41) is 11.6. The van der Waals surface area contributed by atoms with Crippen molar-refractivity contribution in [3.8, 4) is 5.75 Å². The van der Waals surface area contributed by atoms with E-state index in [0.717, 1.165) is 21.3 Å². The van der Waals surface area contributed by atoms with E-state index < -0.39 is 17.7 Å².